The lowest BCUT2D eigenvalue weighted by Crippen LogP contribution is -2.42. The van der Waals surface area contributed by atoms with E-state index in [1.54, 1.807) is 32.4 Å². The molecular formula is C20H28F3NO6. The molecule has 0 spiro atoms. The summed E-state index contributed by atoms with van der Waals surface area (Å²) in [5, 5.41) is 17.4. The van der Waals surface area contributed by atoms with Crippen molar-refractivity contribution in [2.75, 3.05) is 33.9 Å². The summed E-state index contributed by atoms with van der Waals surface area (Å²) >= 11 is 0. The van der Waals surface area contributed by atoms with Gasteiger partial charge in [-0.05, 0) is 24.7 Å². The van der Waals surface area contributed by atoms with Crippen molar-refractivity contribution < 1.29 is 42.4 Å². The molecule has 1 aromatic carbocycles. The first-order valence-electron chi connectivity index (χ1n) is 9.63. The molecule has 2 N–H and O–H groups in total. The van der Waals surface area contributed by atoms with E-state index in [1.807, 2.05) is 4.90 Å². The highest BCUT2D eigenvalue weighted by atomic mass is 19.4. The molecule has 2 aliphatic rings. The number of benzene rings is 1. The van der Waals surface area contributed by atoms with E-state index in [0.29, 0.717) is 43.2 Å². The predicted octanol–water partition coefficient (Wildman–Crippen LogP) is 2.81. The van der Waals surface area contributed by atoms with Gasteiger partial charge in [0, 0.05) is 37.8 Å². The Morgan fingerprint density at radius 3 is 2.07 bits per heavy atom. The van der Waals surface area contributed by atoms with Gasteiger partial charge in [0.1, 0.15) is 23.4 Å². The van der Waals surface area contributed by atoms with Gasteiger partial charge in [0.25, 0.3) is 6.47 Å². The third kappa shape index (κ3) is 6.94. The van der Waals surface area contributed by atoms with Crippen LogP contribution < -0.4 is 14.2 Å². The van der Waals surface area contributed by atoms with Crippen molar-refractivity contribution in [3.8, 4) is 17.2 Å². The van der Waals surface area contributed by atoms with E-state index >= 15 is 0 Å². The van der Waals surface area contributed by atoms with Gasteiger partial charge >= 0.3 is 6.18 Å². The Balaban J connectivity index is 0.00000101. The average Bonchev–Trinajstić information content (AvgIpc) is 3.08. The Morgan fingerprint density at radius 2 is 1.57 bits per heavy atom. The fraction of sp³-hybridized carbons (Fsp3) is 0.650. The summed E-state index contributed by atoms with van der Waals surface area (Å²) in [5.74, 6) is 2.17. The van der Waals surface area contributed by atoms with Gasteiger partial charge in [0.15, 0.2) is 0 Å². The van der Waals surface area contributed by atoms with Crippen molar-refractivity contribution in [2.24, 2.45) is 11.8 Å². The van der Waals surface area contributed by atoms with Crippen molar-refractivity contribution >= 4 is 6.47 Å². The minimum Gasteiger partial charge on any atom is -0.496 e. The zero-order valence-electron chi connectivity index (χ0n) is 17.0. The molecule has 4 atom stereocenters. The summed E-state index contributed by atoms with van der Waals surface area (Å²) in [6.45, 7) is 0.997. The molecule has 1 saturated heterocycles. The summed E-state index contributed by atoms with van der Waals surface area (Å²) in [6.07, 6.45) is -4.81. The van der Waals surface area contributed by atoms with E-state index < -0.39 is 24.8 Å². The number of likely N-dealkylation sites (tertiary alicyclic amines) is 1. The second kappa shape index (κ2) is 10.7. The van der Waals surface area contributed by atoms with Crippen LogP contribution in [-0.2, 0) is 4.79 Å². The molecule has 1 saturated carbocycles. The zero-order valence-corrected chi connectivity index (χ0v) is 17.0. The number of carbonyl (C=O) groups is 1. The van der Waals surface area contributed by atoms with Crippen LogP contribution in [0.4, 0.5) is 13.2 Å². The number of fused-ring (bicyclic) bond motifs is 1. The molecule has 0 bridgehead atoms. The summed E-state index contributed by atoms with van der Waals surface area (Å²) in [4.78, 5) is 10.2. The van der Waals surface area contributed by atoms with Crippen LogP contribution in [0.15, 0.2) is 18.2 Å². The smallest absolute Gasteiger partial charge is 0.390 e. The van der Waals surface area contributed by atoms with Crippen molar-refractivity contribution in [3.63, 3.8) is 0 Å². The van der Waals surface area contributed by atoms with Crippen LogP contribution >= 0.6 is 0 Å². The van der Waals surface area contributed by atoms with Crippen LogP contribution in [-0.4, -0.2) is 73.8 Å². The first-order chi connectivity index (χ1) is 14.2. The Labute approximate surface area is 173 Å². The Bertz CT molecular complexity index is 665. The van der Waals surface area contributed by atoms with Crippen molar-refractivity contribution in [1.82, 2.24) is 4.90 Å². The molecule has 1 aliphatic carbocycles. The number of methoxy groups -OCH3 is 2. The fourth-order valence-electron chi connectivity index (χ4n) is 4.11. The largest absolute Gasteiger partial charge is 0.496 e. The van der Waals surface area contributed by atoms with Crippen LogP contribution in [0.25, 0.3) is 0 Å². The highest BCUT2D eigenvalue weighted by molar-refractivity contribution is 5.42. The molecule has 0 radical (unpaired) electrons. The second-order valence-electron chi connectivity index (χ2n) is 7.49. The predicted molar refractivity (Wildman–Crippen MR) is 102 cm³/mol. The standard InChI is InChI=1S/C19H26F3NO4.CH2O2/c1-25-14-7-15(26-2)9-16(8-14)27-18-6-13-11-23(4-3-19(20,21)22)10-12(13)5-17(18)24;2-1-3/h7-9,12-13,17-18,24H,3-6,10-11H2,1-2H3;1H,(H,2,3)/t12-,13+,17+,18+;/m0./s1. The molecule has 2 fully saturated rings. The van der Waals surface area contributed by atoms with Crippen molar-refractivity contribution in [1.29, 1.82) is 0 Å². The fourth-order valence-corrected chi connectivity index (χ4v) is 4.11. The Hall–Kier alpha value is -2.20. The summed E-state index contributed by atoms with van der Waals surface area (Å²) in [6, 6.07) is 5.19. The second-order valence-corrected chi connectivity index (χ2v) is 7.49. The van der Waals surface area contributed by atoms with Crippen LogP contribution in [0, 0.1) is 11.8 Å². The van der Waals surface area contributed by atoms with Gasteiger partial charge in [0.05, 0.1) is 26.7 Å². The summed E-state index contributed by atoms with van der Waals surface area (Å²) < 4.78 is 53.8. The molecule has 10 heteroatoms. The number of alkyl halides is 3. The van der Waals surface area contributed by atoms with Crippen LogP contribution in [0.2, 0.25) is 0 Å². The van der Waals surface area contributed by atoms with Gasteiger partial charge in [0.2, 0.25) is 0 Å². The van der Waals surface area contributed by atoms with E-state index in [-0.39, 0.29) is 24.9 Å². The van der Waals surface area contributed by atoms with Gasteiger partial charge in [-0.25, -0.2) is 0 Å². The molecule has 170 valence electrons. The van der Waals surface area contributed by atoms with Crippen LogP contribution in [0.3, 0.4) is 0 Å². The third-order valence-corrected chi connectivity index (χ3v) is 5.48. The highest BCUT2D eigenvalue weighted by Gasteiger charge is 2.43. The number of aliphatic hydroxyl groups is 1. The minimum atomic E-state index is -4.13. The molecule has 0 aromatic heterocycles. The molecule has 0 amide bonds. The average molecular weight is 435 g/mol. The lowest BCUT2D eigenvalue weighted by molar-refractivity contribution is -0.137. The van der Waals surface area contributed by atoms with Gasteiger partial charge in [-0.15, -0.1) is 0 Å². The molecule has 1 aliphatic heterocycles. The van der Waals surface area contributed by atoms with E-state index in [4.69, 9.17) is 24.1 Å². The normalized spacial score (nSPS) is 26.2. The minimum absolute atomic E-state index is 0.0190. The van der Waals surface area contributed by atoms with Crippen LogP contribution in [0.5, 0.6) is 17.2 Å². The number of rotatable bonds is 6. The maximum atomic E-state index is 12.5. The maximum absolute atomic E-state index is 12.5. The monoisotopic (exact) mass is 435 g/mol. The van der Waals surface area contributed by atoms with Gasteiger partial charge in [-0.1, -0.05) is 0 Å². The Morgan fingerprint density at radius 1 is 1.07 bits per heavy atom. The van der Waals surface area contributed by atoms with Gasteiger partial charge in [-0.2, -0.15) is 13.2 Å². The maximum Gasteiger partial charge on any atom is 0.390 e. The highest BCUT2D eigenvalue weighted by Crippen LogP contribution is 2.39. The zero-order chi connectivity index (χ0) is 22.3. The van der Waals surface area contributed by atoms with E-state index in [9.17, 15) is 18.3 Å². The molecule has 7 nitrogen and oxygen atoms in total. The summed E-state index contributed by atoms with van der Waals surface area (Å²) in [7, 11) is 3.10. The molecule has 30 heavy (non-hydrogen) atoms. The summed E-state index contributed by atoms with van der Waals surface area (Å²) in [5.41, 5.74) is 0. The molecule has 1 heterocycles. The Kier molecular flexibility index (Phi) is 8.60. The topological polar surface area (TPSA) is 88.5 Å². The first-order valence-corrected chi connectivity index (χ1v) is 9.63. The number of hydrogen-bond donors (Lipinski definition) is 2. The number of aliphatic hydroxyl groups excluding tert-OH is 1. The van der Waals surface area contributed by atoms with E-state index in [1.165, 1.54) is 0 Å². The van der Waals surface area contributed by atoms with Crippen LogP contribution in [0.1, 0.15) is 19.3 Å². The van der Waals surface area contributed by atoms with E-state index in [2.05, 4.69) is 0 Å². The van der Waals surface area contributed by atoms with Crippen molar-refractivity contribution in [3.05, 3.63) is 18.2 Å². The molecule has 3 rings (SSSR count). The van der Waals surface area contributed by atoms with E-state index in [0.717, 1.165) is 0 Å². The number of carboxylic acid groups (broad SMARTS) is 1. The quantitative estimate of drug-likeness (QED) is 0.665. The van der Waals surface area contributed by atoms with Gasteiger partial charge in [-0.3, -0.25) is 4.79 Å². The number of ether oxygens (including phenoxy) is 3. The molecular weight excluding hydrogens is 407 g/mol. The lowest BCUT2D eigenvalue weighted by Gasteiger charge is -2.35. The molecule has 0 unspecified atom stereocenters. The SMILES string of the molecule is COc1cc(OC)cc(O[C@@H]2C[C@@H]3CN(CCC(F)(F)F)C[C@@H]3C[C@H]2O)c1.O=CO. The number of hydrogen-bond acceptors (Lipinski definition) is 6. The number of halogens is 3. The molecule has 1 aromatic rings. The third-order valence-electron chi connectivity index (χ3n) is 5.48. The number of nitrogens with zero attached hydrogens (tertiary/aromatic N) is 1. The van der Waals surface area contributed by atoms with Gasteiger partial charge < -0.3 is 29.3 Å². The first kappa shape index (κ1) is 24.1. The van der Waals surface area contributed by atoms with Crippen molar-refractivity contribution in [2.45, 2.75) is 37.6 Å². The lowest BCUT2D eigenvalue weighted by atomic mass is 9.78.